The van der Waals surface area contributed by atoms with Crippen LogP contribution in [0.4, 0.5) is 0 Å². The number of ether oxygens (including phenoxy) is 1. The molecule has 1 aromatic carbocycles. The third kappa shape index (κ3) is 3.23. The van der Waals surface area contributed by atoms with Gasteiger partial charge in [-0.3, -0.25) is 4.79 Å². The summed E-state index contributed by atoms with van der Waals surface area (Å²) in [6.07, 6.45) is 0.870. The second-order valence-electron chi connectivity index (χ2n) is 4.11. The van der Waals surface area contributed by atoms with Crippen molar-refractivity contribution in [3.05, 3.63) is 41.5 Å². The van der Waals surface area contributed by atoms with E-state index in [1.54, 1.807) is 0 Å². The third-order valence-corrected chi connectivity index (χ3v) is 3.65. The summed E-state index contributed by atoms with van der Waals surface area (Å²) in [5.41, 5.74) is 1.49. The van der Waals surface area contributed by atoms with Gasteiger partial charge in [0.05, 0.1) is 6.61 Å². The lowest BCUT2D eigenvalue weighted by Gasteiger charge is -2.16. The van der Waals surface area contributed by atoms with Crippen molar-refractivity contribution in [2.45, 2.75) is 24.7 Å². The Balaban J connectivity index is 2.01. The van der Waals surface area contributed by atoms with Gasteiger partial charge in [0.15, 0.2) is 5.12 Å². The molecule has 0 atom stereocenters. The van der Waals surface area contributed by atoms with Crippen molar-refractivity contribution in [3.63, 3.8) is 0 Å². The summed E-state index contributed by atoms with van der Waals surface area (Å²) in [5, 5.41) is -0.0330. The molecule has 0 saturated carbocycles. The van der Waals surface area contributed by atoms with E-state index in [-0.39, 0.29) is 17.5 Å². The molecule has 0 bridgehead atoms. The average Bonchev–Trinajstić information content (AvgIpc) is 2.35. The first kappa shape index (κ1) is 12.9. The Kier molecular flexibility index (Phi) is 4.20. The summed E-state index contributed by atoms with van der Waals surface area (Å²) in [5.74, 6) is -0.347. The topological polar surface area (TPSA) is 43.4 Å². The molecule has 0 unspecified atom stereocenters. The summed E-state index contributed by atoms with van der Waals surface area (Å²) >= 11 is 1.16. The van der Waals surface area contributed by atoms with Gasteiger partial charge in [0, 0.05) is 23.3 Å². The molecule has 0 saturated heterocycles. The van der Waals surface area contributed by atoms with Crippen LogP contribution in [0, 0.1) is 0 Å². The molecule has 0 amide bonds. The van der Waals surface area contributed by atoms with E-state index < -0.39 is 0 Å². The highest BCUT2D eigenvalue weighted by atomic mass is 32.2. The Bertz CT molecular complexity index is 491. The fourth-order valence-corrected chi connectivity index (χ4v) is 2.51. The van der Waals surface area contributed by atoms with E-state index in [9.17, 15) is 9.59 Å². The third-order valence-electron chi connectivity index (χ3n) is 2.77. The smallest absolute Gasteiger partial charge is 0.334 e. The number of rotatable bonds is 3. The first-order valence-corrected chi connectivity index (χ1v) is 6.60. The van der Waals surface area contributed by atoms with Crippen LogP contribution in [-0.4, -0.2) is 17.7 Å². The minimum atomic E-state index is -0.347. The fourth-order valence-electron chi connectivity index (χ4n) is 1.73. The van der Waals surface area contributed by atoms with Gasteiger partial charge in [-0.2, -0.15) is 0 Å². The van der Waals surface area contributed by atoms with Crippen LogP contribution >= 0.6 is 11.8 Å². The zero-order valence-corrected chi connectivity index (χ0v) is 11.0. The molecular weight excluding hydrogens is 248 g/mol. The summed E-state index contributed by atoms with van der Waals surface area (Å²) < 4.78 is 4.95. The average molecular weight is 262 g/mol. The molecule has 94 valence electrons. The molecule has 0 aromatic heterocycles. The van der Waals surface area contributed by atoms with Gasteiger partial charge in [0.25, 0.3) is 0 Å². The second kappa shape index (κ2) is 5.87. The van der Waals surface area contributed by atoms with E-state index in [0.717, 1.165) is 28.7 Å². The van der Waals surface area contributed by atoms with E-state index in [1.165, 1.54) is 0 Å². The van der Waals surface area contributed by atoms with E-state index >= 15 is 0 Å². The van der Waals surface area contributed by atoms with Crippen molar-refractivity contribution >= 4 is 22.8 Å². The lowest BCUT2D eigenvalue weighted by molar-refractivity contribution is -0.140. The van der Waals surface area contributed by atoms with Crippen molar-refractivity contribution in [2.24, 2.45) is 0 Å². The minimum absolute atomic E-state index is 0.0330. The Hall–Kier alpha value is -1.55. The minimum Gasteiger partial charge on any atom is -0.462 e. The molecule has 1 heterocycles. The standard InChI is InChI=1S/C14H14O3S/c1-10-7-8-17-14(16)12(10)9-13(15)18-11-5-3-2-4-6-11/h2-6H,7-9H2,1H3. The maximum atomic E-state index is 11.9. The van der Waals surface area contributed by atoms with Crippen LogP contribution < -0.4 is 0 Å². The van der Waals surface area contributed by atoms with E-state index in [0.29, 0.717) is 12.2 Å². The molecule has 1 aromatic rings. The normalized spacial score (nSPS) is 15.5. The van der Waals surface area contributed by atoms with Gasteiger partial charge in [-0.15, -0.1) is 0 Å². The van der Waals surface area contributed by atoms with Gasteiger partial charge in [-0.05, 0) is 19.1 Å². The lowest BCUT2D eigenvalue weighted by atomic mass is 10.0. The molecule has 0 fully saturated rings. The predicted octanol–water partition coefficient (Wildman–Crippen LogP) is 2.96. The maximum absolute atomic E-state index is 11.9. The van der Waals surface area contributed by atoms with Crippen molar-refractivity contribution in [2.75, 3.05) is 6.61 Å². The monoisotopic (exact) mass is 262 g/mol. The molecule has 0 radical (unpaired) electrons. The number of carbonyl (C=O) groups excluding carboxylic acids is 2. The molecule has 1 aliphatic rings. The van der Waals surface area contributed by atoms with Crippen LogP contribution in [0.5, 0.6) is 0 Å². The first-order valence-electron chi connectivity index (χ1n) is 5.78. The van der Waals surface area contributed by atoms with Gasteiger partial charge in [0.1, 0.15) is 0 Å². The highest BCUT2D eigenvalue weighted by Crippen LogP contribution is 2.25. The number of esters is 1. The maximum Gasteiger partial charge on any atom is 0.334 e. The zero-order valence-electron chi connectivity index (χ0n) is 10.1. The van der Waals surface area contributed by atoms with Crippen molar-refractivity contribution in [3.8, 4) is 0 Å². The number of thioether (sulfide) groups is 1. The van der Waals surface area contributed by atoms with Crippen LogP contribution in [0.25, 0.3) is 0 Å². The Morgan fingerprint density at radius 2 is 2.06 bits per heavy atom. The molecular formula is C14H14O3S. The number of cyclic esters (lactones) is 1. The molecule has 2 rings (SSSR count). The van der Waals surface area contributed by atoms with Crippen LogP contribution in [0.2, 0.25) is 0 Å². The van der Waals surface area contributed by atoms with Gasteiger partial charge in [0.2, 0.25) is 0 Å². The van der Waals surface area contributed by atoms with E-state index in [4.69, 9.17) is 4.74 Å². The molecule has 0 N–H and O–H groups in total. The van der Waals surface area contributed by atoms with Crippen LogP contribution in [0.3, 0.4) is 0 Å². The fraction of sp³-hybridized carbons (Fsp3) is 0.286. The van der Waals surface area contributed by atoms with Gasteiger partial charge in [-0.25, -0.2) is 4.79 Å². The lowest BCUT2D eigenvalue weighted by Crippen LogP contribution is -2.18. The largest absolute Gasteiger partial charge is 0.462 e. The molecule has 0 spiro atoms. The van der Waals surface area contributed by atoms with Gasteiger partial charge >= 0.3 is 5.97 Å². The summed E-state index contributed by atoms with van der Waals surface area (Å²) in [7, 11) is 0. The van der Waals surface area contributed by atoms with E-state index in [2.05, 4.69) is 0 Å². The summed E-state index contributed by atoms with van der Waals surface area (Å²) in [6, 6.07) is 9.43. The zero-order chi connectivity index (χ0) is 13.0. The SMILES string of the molecule is CC1=C(CC(=O)Sc2ccccc2)C(=O)OCC1. The first-order chi connectivity index (χ1) is 8.66. The molecule has 18 heavy (non-hydrogen) atoms. The Morgan fingerprint density at radius 3 is 2.72 bits per heavy atom. The number of benzene rings is 1. The number of carbonyl (C=O) groups is 2. The van der Waals surface area contributed by atoms with Gasteiger partial charge < -0.3 is 4.74 Å². The highest BCUT2D eigenvalue weighted by Gasteiger charge is 2.22. The molecule has 4 heteroatoms. The van der Waals surface area contributed by atoms with Crippen LogP contribution in [0.1, 0.15) is 19.8 Å². The van der Waals surface area contributed by atoms with E-state index in [1.807, 2.05) is 37.3 Å². The Labute approximate surface area is 110 Å². The summed E-state index contributed by atoms with van der Waals surface area (Å²) in [6.45, 7) is 2.31. The second-order valence-corrected chi connectivity index (χ2v) is 5.24. The quantitative estimate of drug-likeness (QED) is 0.620. The van der Waals surface area contributed by atoms with Crippen molar-refractivity contribution in [1.82, 2.24) is 0 Å². The molecule has 1 aliphatic heterocycles. The highest BCUT2D eigenvalue weighted by molar-refractivity contribution is 8.13. The molecule has 0 aliphatic carbocycles. The number of hydrogen-bond donors (Lipinski definition) is 0. The van der Waals surface area contributed by atoms with Crippen LogP contribution in [0.15, 0.2) is 46.4 Å². The van der Waals surface area contributed by atoms with Crippen LogP contribution in [-0.2, 0) is 14.3 Å². The predicted molar refractivity (Wildman–Crippen MR) is 70.2 cm³/mol. The van der Waals surface area contributed by atoms with Crippen molar-refractivity contribution < 1.29 is 14.3 Å². The summed E-state index contributed by atoms with van der Waals surface area (Å²) in [4.78, 5) is 24.3. The van der Waals surface area contributed by atoms with Gasteiger partial charge in [-0.1, -0.05) is 35.5 Å². The number of hydrogen-bond acceptors (Lipinski definition) is 4. The Morgan fingerprint density at radius 1 is 1.33 bits per heavy atom. The van der Waals surface area contributed by atoms with Crippen molar-refractivity contribution in [1.29, 1.82) is 0 Å². The molecule has 3 nitrogen and oxygen atoms in total.